The summed E-state index contributed by atoms with van der Waals surface area (Å²) < 4.78 is 43.7. The first-order valence-electron chi connectivity index (χ1n) is 8.44. The fourth-order valence-electron chi connectivity index (χ4n) is 3.72. The van der Waals surface area contributed by atoms with Crippen LogP contribution in [0.15, 0.2) is 24.3 Å². The molecule has 0 bridgehead atoms. The van der Waals surface area contributed by atoms with Crippen molar-refractivity contribution in [1.82, 2.24) is 5.32 Å². The largest absolute Gasteiger partial charge is 0.416 e. The molecule has 23 heavy (non-hydrogen) atoms. The zero-order valence-electron chi connectivity index (χ0n) is 13.4. The molecule has 0 spiro atoms. The third-order valence-corrected chi connectivity index (χ3v) is 5.30. The lowest BCUT2D eigenvalue weighted by Gasteiger charge is -2.40. The molecule has 0 radical (unpaired) electrons. The highest BCUT2D eigenvalue weighted by Gasteiger charge is 2.35. The normalized spacial score (nSPS) is 27.5. The maximum atomic E-state index is 12.8. The first-order valence-corrected chi connectivity index (χ1v) is 8.44. The number of ether oxygens (including phenoxy) is 1. The molecule has 1 aliphatic carbocycles. The molecule has 0 aromatic heterocycles. The number of halogens is 3. The van der Waals surface area contributed by atoms with E-state index in [0.29, 0.717) is 18.0 Å². The minimum absolute atomic E-state index is 0.247. The van der Waals surface area contributed by atoms with Crippen LogP contribution in [-0.2, 0) is 10.9 Å². The Hall–Kier alpha value is -1.07. The molecule has 1 heterocycles. The summed E-state index contributed by atoms with van der Waals surface area (Å²) in [6.07, 6.45) is -0.214. The first kappa shape index (κ1) is 16.8. The molecule has 1 saturated carbocycles. The van der Waals surface area contributed by atoms with Gasteiger partial charge in [-0.15, -0.1) is 0 Å². The molecule has 2 fully saturated rings. The second kappa shape index (κ2) is 6.81. The van der Waals surface area contributed by atoms with E-state index in [-0.39, 0.29) is 5.92 Å². The molecule has 3 rings (SSSR count). The third-order valence-electron chi connectivity index (χ3n) is 5.30. The van der Waals surface area contributed by atoms with E-state index >= 15 is 0 Å². The van der Waals surface area contributed by atoms with Crippen LogP contribution in [0.2, 0.25) is 0 Å². The van der Waals surface area contributed by atoms with Gasteiger partial charge in [0.25, 0.3) is 0 Å². The fourth-order valence-corrected chi connectivity index (χ4v) is 3.72. The molecule has 1 saturated heterocycles. The monoisotopic (exact) mass is 327 g/mol. The van der Waals surface area contributed by atoms with Gasteiger partial charge in [0.05, 0.1) is 5.56 Å². The van der Waals surface area contributed by atoms with Crippen molar-refractivity contribution in [3.8, 4) is 0 Å². The lowest BCUT2D eigenvalue weighted by atomic mass is 9.75. The highest BCUT2D eigenvalue weighted by Crippen LogP contribution is 2.39. The Balaban J connectivity index is 1.51. The van der Waals surface area contributed by atoms with E-state index in [1.54, 1.807) is 0 Å². The molecule has 128 valence electrons. The second-order valence-electron chi connectivity index (χ2n) is 6.89. The van der Waals surface area contributed by atoms with Gasteiger partial charge in [-0.25, -0.2) is 0 Å². The van der Waals surface area contributed by atoms with Crippen LogP contribution >= 0.6 is 0 Å². The van der Waals surface area contributed by atoms with Crippen LogP contribution in [-0.4, -0.2) is 25.3 Å². The highest BCUT2D eigenvalue weighted by molar-refractivity contribution is 5.30. The summed E-state index contributed by atoms with van der Waals surface area (Å²) in [5, 5.41) is 3.65. The zero-order valence-corrected chi connectivity index (χ0v) is 13.4. The molecule has 1 atom stereocenters. The number of hydrogen-bond acceptors (Lipinski definition) is 2. The molecule has 5 heteroatoms. The van der Waals surface area contributed by atoms with Crippen LogP contribution in [0.5, 0.6) is 0 Å². The van der Waals surface area contributed by atoms with Crippen molar-refractivity contribution >= 4 is 0 Å². The van der Waals surface area contributed by atoms with Crippen LogP contribution in [0.25, 0.3) is 0 Å². The smallest absolute Gasteiger partial charge is 0.381 e. The maximum Gasteiger partial charge on any atom is 0.416 e. The van der Waals surface area contributed by atoms with E-state index < -0.39 is 11.7 Å². The van der Waals surface area contributed by atoms with Gasteiger partial charge in [-0.3, -0.25) is 0 Å². The predicted octanol–water partition coefficient (Wildman–Crippen LogP) is 4.36. The molecule has 1 aliphatic heterocycles. The number of rotatable bonds is 4. The number of hydrogen-bond donors (Lipinski definition) is 1. The Bertz CT molecular complexity index is 519. The average molecular weight is 327 g/mol. The van der Waals surface area contributed by atoms with Crippen LogP contribution in [0, 0.1) is 5.92 Å². The number of nitrogens with one attached hydrogen (secondary N) is 1. The molecule has 2 nitrogen and oxygen atoms in total. The Labute approximate surface area is 135 Å². The first-order chi connectivity index (χ1) is 10.9. The minimum Gasteiger partial charge on any atom is -0.381 e. The quantitative estimate of drug-likeness (QED) is 0.887. The molecular weight excluding hydrogens is 303 g/mol. The summed E-state index contributed by atoms with van der Waals surface area (Å²) in [6, 6.07) is 6.66. The van der Waals surface area contributed by atoms with Crippen molar-refractivity contribution in [1.29, 1.82) is 0 Å². The van der Waals surface area contributed by atoms with E-state index in [1.165, 1.54) is 12.1 Å². The third kappa shape index (κ3) is 4.07. The van der Waals surface area contributed by atoms with E-state index in [9.17, 15) is 13.2 Å². The minimum atomic E-state index is -4.25. The van der Waals surface area contributed by atoms with Crippen LogP contribution in [0.1, 0.15) is 49.7 Å². The summed E-state index contributed by atoms with van der Waals surface area (Å²) in [5.74, 6) is 0.896. The Kier molecular flexibility index (Phi) is 4.97. The van der Waals surface area contributed by atoms with Gasteiger partial charge in [0, 0.05) is 25.3 Å². The Morgan fingerprint density at radius 1 is 1.17 bits per heavy atom. The molecule has 1 aromatic carbocycles. The molecule has 1 N–H and O–H groups in total. The van der Waals surface area contributed by atoms with E-state index in [4.69, 9.17) is 4.74 Å². The van der Waals surface area contributed by atoms with E-state index in [1.807, 2.05) is 6.07 Å². The van der Waals surface area contributed by atoms with Crippen LogP contribution in [0.3, 0.4) is 0 Å². The van der Waals surface area contributed by atoms with Crippen molar-refractivity contribution < 1.29 is 17.9 Å². The van der Waals surface area contributed by atoms with Crippen molar-refractivity contribution in [3.63, 3.8) is 0 Å². The van der Waals surface area contributed by atoms with Gasteiger partial charge in [-0.2, -0.15) is 13.2 Å². The van der Waals surface area contributed by atoms with Gasteiger partial charge in [-0.05, 0) is 56.1 Å². The van der Waals surface area contributed by atoms with E-state index in [0.717, 1.165) is 50.5 Å². The summed E-state index contributed by atoms with van der Waals surface area (Å²) in [5.41, 5.74) is 0.276. The molecule has 0 amide bonds. The average Bonchev–Trinajstić information content (AvgIpc) is 2.50. The van der Waals surface area contributed by atoms with Gasteiger partial charge in [0.1, 0.15) is 0 Å². The van der Waals surface area contributed by atoms with Gasteiger partial charge in [0.15, 0.2) is 0 Å². The molecular formula is C18H24F3NO. The Morgan fingerprint density at radius 3 is 2.52 bits per heavy atom. The lowest BCUT2D eigenvalue weighted by molar-refractivity contribution is -0.137. The summed E-state index contributed by atoms with van der Waals surface area (Å²) in [4.78, 5) is 0. The van der Waals surface area contributed by atoms with Crippen molar-refractivity contribution in [3.05, 3.63) is 35.4 Å². The van der Waals surface area contributed by atoms with Crippen molar-refractivity contribution in [2.24, 2.45) is 5.92 Å². The van der Waals surface area contributed by atoms with Gasteiger partial charge in [0.2, 0.25) is 0 Å². The van der Waals surface area contributed by atoms with Crippen molar-refractivity contribution in [2.75, 3.05) is 13.2 Å². The fraction of sp³-hybridized carbons (Fsp3) is 0.667. The van der Waals surface area contributed by atoms with Crippen molar-refractivity contribution in [2.45, 2.75) is 56.8 Å². The molecule has 2 aliphatic rings. The topological polar surface area (TPSA) is 21.3 Å². The summed E-state index contributed by atoms with van der Waals surface area (Å²) in [7, 11) is 0. The predicted molar refractivity (Wildman–Crippen MR) is 83.3 cm³/mol. The standard InChI is InChI=1S/C18H24F3NO/c1-12(13-5-7-23-8-6-13)22-17-10-15(11-17)14-3-2-4-16(9-14)18(19,20)21/h2-4,9,12-13,15,17,22H,5-8,10-11H2,1H3. The SMILES string of the molecule is CC(NC1CC(c2cccc(C(F)(F)F)c2)C1)C1CCOCC1. The Morgan fingerprint density at radius 2 is 1.87 bits per heavy atom. The number of alkyl halides is 3. The molecule has 1 unspecified atom stereocenters. The number of benzene rings is 1. The summed E-state index contributed by atoms with van der Waals surface area (Å²) >= 11 is 0. The summed E-state index contributed by atoms with van der Waals surface area (Å²) in [6.45, 7) is 3.90. The van der Waals surface area contributed by atoms with Gasteiger partial charge >= 0.3 is 6.18 Å². The van der Waals surface area contributed by atoms with Crippen LogP contribution < -0.4 is 5.32 Å². The second-order valence-corrected chi connectivity index (χ2v) is 6.89. The van der Waals surface area contributed by atoms with Crippen LogP contribution in [0.4, 0.5) is 13.2 Å². The lowest BCUT2D eigenvalue weighted by Crippen LogP contribution is -2.48. The maximum absolute atomic E-state index is 12.8. The highest BCUT2D eigenvalue weighted by atomic mass is 19.4. The van der Waals surface area contributed by atoms with Gasteiger partial charge < -0.3 is 10.1 Å². The van der Waals surface area contributed by atoms with Gasteiger partial charge in [-0.1, -0.05) is 18.2 Å². The van der Waals surface area contributed by atoms with E-state index in [2.05, 4.69) is 12.2 Å². The zero-order chi connectivity index (χ0) is 16.4. The molecule has 1 aromatic rings.